The molecule has 0 fully saturated rings. The molecule has 2 aromatic rings. The van der Waals surface area contributed by atoms with Gasteiger partial charge in [-0.15, -0.1) is 11.3 Å². The van der Waals surface area contributed by atoms with E-state index in [1.54, 1.807) is 0 Å². The van der Waals surface area contributed by atoms with Crippen LogP contribution >= 0.6 is 11.3 Å². The molecular weight excluding hydrogens is 240 g/mol. The van der Waals surface area contributed by atoms with Gasteiger partial charge in [-0.25, -0.2) is 0 Å². The molecule has 0 amide bonds. The molecule has 1 aromatic heterocycles. The Morgan fingerprint density at radius 3 is 2.89 bits per heavy atom. The smallest absolute Gasteiger partial charge is 0.0300 e. The number of benzene rings is 1. The van der Waals surface area contributed by atoms with Gasteiger partial charge in [-0.2, -0.15) is 0 Å². The third-order valence-electron chi connectivity index (χ3n) is 3.44. The number of hydrogen-bond donors (Lipinski definition) is 2. The molecular formula is C15H18N2S. The monoisotopic (exact) mass is 258 g/mol. The second-order valence-corrected chi connectivity index (χ2v) is 5.79. The summed E-state index contributed by atoms with van der Waals surface area (Å²) in [6, 6.07) is 13.6. The summed E-state index contributed by atoms with van der Waals surface area (Å²) < 4.78 is 0. The van der Waals surface area contributed by atoms with E-state index in [-0.39, 0.29) is 0 Å². The van der Waals surface area contributed by atoms with Gasteiger partial charge >= 0.3 is 0 Å². The van der Waals surface area contributed by atoms with E-state index in [1.165, 1.54) is 16.0 Å². The van der Waals surface area contributed by atoms with Gasteiger partial charge < -0.3 is 10.6 Å². The van der Waals surface area contributed by atoms with Crippen molar-refractivity contribution in [1.82, 2.24) is 10.6 Å². The molecule has 0 aliphatic carbocycles. The fourth-order valence-corrected chi connectivity index (χ4v) is 3.12. The van der Waals surface area contributed by atoms with Crippen molar-refractivity contribution in [2.24, 2.45) is 0 Å². The largest absolute Gasteiger partial charge is 0.310 e. The first-order valence-electron chi connectivity index (χ1n) is 6.45. The zero-order valence-corrected chi connectivity index (χ0v) is 11.2. The zero-order valence-electron chi connectivity index (χ0n) is 10.4. The minimum atomic E-state index is 0.555. The van der Waals surface area contributed by atoms with E-state index >= 15 is 0 Å². The molecule has 1 aliphatic rings. The summed E-state index contributed by atoms with van der Waals surface area (Å²) >= 11 is 1.82. The lowest BCUT2D eigenvalue weighted by molar-refractivity contribution is 0.448. The van der Waals surface area contributed by atoms with Gasteiger partial charge in [0, 0.05) is 30.6 Å². The van der Waals surface area contributed by atoms with Crippen LogP contribution in [0.3, 0.4) is 0 Å². The Morgan fingerprint density at radius 2 is 2.06 bits per heavy atom. The maximum absolute atomic E-state index is 3.60. The van der Waals surface area contributed by atoms with E-state index in [0.29, 0.717) is 6.04 Å². The number of nitrogens with one attached hydrogen (secondary N) is 2. The van der Waals surface area contributed by atoms with Crippen molar-refractivity contribution in [3.05, 3.63) is 57.8 Å². The Labute approximate surface area is 112 Å². The number of fused-ring (bicyclic) bond motifs is 1. The Balaban J connectivity index is 1.51. The lowest BCUT2D eigenvalue weighted by Gasteiger charge is -2.26. The number of thiophene rings is 1. The van der Waals surface area contributed by atoms with E-state index < -0.39 is 0 Å². The summed E-state index contributed by atoms with van der Waals surface area (Å²) in [5.41, 5.74) is 2.95. The first-order valence-corrected chi connectivity index (χ1v) is 7.33. The van der Waals surface area contributed by atoms with Crippen LogP contribution in [0, 0.1) is 0 Å². The van der Waals surface area contributed by atoms with Crippen molar-refractivity contribution in [3.8, 4) is 0 Å². The summed E-state index contributed by atoms with van der Waals surface area (Å²) in [5, 5.41) is 9.26. The molecule has 0 saturated carbocycles. The fraction of sp³-hybridized carbons (Fsp3) is 0.333. The van der Waals surface area contributed by atoms with Crippen molar-refractivity contribution in [2.45, 2.75) is 25.6 Å². The molecule has 2 heterocycles. The molecule has 2 nitrogen and oxygen atoms in total. The highest BCUT2D eigenvalue weighted by molar-refractivity contribution is 7.09. The second-order valence-electron chi connectivity index (χ2n) is 4.76. The highest BCUT2D eigenvalue weighted by Gasteiger charge is 2.16. The molecule has 94 valence electrons. The first kappa shape index (κ1) is 11.9. The third-order valence-corrected chi connectivity index (χ3v) is 4.31. The highest BCUT2D eigenvalue weighted by atomic mass is 32.1. The highest BCUT2D eigenvalue weighted by Crippen LogP contribution is 2.16. The molecule has 1 atom stereocenters. The molecule has 1 aromatic carbocycles. The van der Waals surface area contributed by atoms with Crippen LogP contribution in [0.2, 0.25) is 0 Å². The van der Waals surface area contributed by atoms with Gasteiger partial charge in [0.2, 0.25) is 0 Å². The van der Waals surface area contributed by atoms with Gasteiger partial charge in [-0.1, -0.05) is 30.3 Å². The summed E-state index contributed by atoms with van der Waals surface area (Å²) in [7, 11) is 0. The summed E-state index contributed by atoms with van der Waals surface area (Å²) in [6.45, 7) is 3.02. The fourth-order valence-electron chi connectivity index (χ4n) is 2.45. The van der Waals surface area contributed by atoms with Crippen molar-refractivity contribution in [2.75, 3.05) is 6.54 Å². The molecule has 0 radical (unpaired) electrons. The lowest BCUT2D eigenvalue weighted by atomic mass is 9.96. The molecule has 2 N–H and O–H groups in total. The maximum Gasteiger partial charge on any atom is 0.0300 e. The minimum Gasteiger partial charge on any atom is -0.310 e. The molecule has 0 spiro atoms. The third kappa shape index (κ3) is 2.80. The second kappa shape index (κ2) is 5.65. The van der Waals surface area contributed by atoms with E-state index in [0.717, 1.165) is 26.1 Å². The maximum atomic E-state index is 3.60. The van der Waals surface area contributed by atoms with Crippen molar-refractivity contribution in [1.29, 1.82) is 0 Å². The summed E-state index contributed by atoms with van der Waals surface area (Å²) in [6.07, 6.45) is 1.13. The molecule has 3 heteroatoms. The predicted octanol–water partition coefficient (Wildman–Crippen LogP) is 2.55. The van der Waals surface area contributed by atoms with Crippen LogP contribution in [0.15, 0.2) is 41.8 Å². The zero-order chi connectivity index (χ0) is 12.2. The van der Waals surface area contributed by atoms with Crippen LogP contribution in [-0.4, -0.2) is 12.6 Å². The van der Waals surface area contributed by atoms with Crippen LogP contribution in [0.25, 0.3) is 0 Å². The lowest BCUT2D eigenvalue weighted by Crippen LogP contribution is -2.42. The van der Waals surface area contributed by atoms with Crippen LogP contribution in [0.5, 0.6) is 0 Å². The SMILES string of the molecule is c1csc(CNC[C@@H]2Cc3ccccc3CN2)c1. The molecule has 0 saturated heterocycles. The normalized spacial score (nSPS) is 18.6. The van der Waals surface area contributed by atoms with Gasteiger partial charge in [0.05, 0.1) is 0 Å². The van der Waals surface area contributed by atoms with Gasteiger partial charge in [0.25, 0.3) is 0 Å². The van der Waals surface area contributed by atoms with Crippen molar-refractivity contribution >= 4 is 11.3 Å². The molecule has 0 unspecified atom stereocenters. The summed E-state index contributed by atoms with van der Waals surface area (Å²) in [4.78, 5) is 1.41. The number of hydrogen-bond acceptors (Lipinski definition) is 3. The topological polar surface area (TPSA) is 24.1 Å². The first-order chi connectivity index (χ1) is 8.92. The van der Waals surface area contributed by atoms with E-state index in [9.17, 15) is 0 Å². The van der Waals surface area contributed by atoms with Crippen molar-refractivity contribution in [3.63, 3.8) is 0 Å². The van der Waals surface area contributed by atoms with E-state index in [2.05, 4.69) is 52.4 Å². The van der Waals surface area contributed by atoms with Crippen LogP contribution in [-0.2, 0) is 19.5 Å². The van der Waals surface area contributed by atoms with Crippen molar-refractivity contribution < 1.29 is 0 Å². The standard InChI is InChI=1S/C15H18N2S/c1-2-5-13-9-17-14(8-12(13)4-1)10-16-11-15-6-3-7-18-15/h1-7,14,16-17H,8-11H2/t14-/m0/s1. The van der Waals surface area contributed by atoms with Crippen LogP contribution < -0.4 is 10.6 Å². The average molecular weight is 258 g/mol. The molecule has 0 bridgehead atoms. The predicted molar refractivity (Wildman–Crippen MR) is 76.8 cm³/mol. The minimum absolute atomic E-state index is 0.555. The quantitative estimate of drug-likeness (QED) is 0.880. The Kier molecular flexibility index (Phi) is 3.74. The van der Waals surface area contributed by atoms with Gasteiger partial charge in [0.1, 0.15) is 0 Å². The molecule has 3 rings (SSSR count). The molecule has 18 heavy (non-hydrogen) atoms. The van der Waals surface area contributed by atoms with Crippen LogP contribution in [0.4, 0.5) is 0 Å². The van der Waals surface area contributed by atoms with E-state index in [1.807, 2.05) is 11.3 Å². The Bertz CT molecular complexity index is 493. The Hall–Kier alpha value is -1.16. The average Bonchev–Trinajstić information content (AvgIpc) is 2.92. The van der Waals surface area contributed by atoms with Gasteiger partial charge in [-0.3, -0.25) is 0 Å². The number of rotatable bonds is 4. The van der Waals surface area contributed by atoms with Gasteiger partial charge in [0.15, 0.2) is 0 Å². The Morgan fingerprint density at radius 1 is 1.17 bits per heavy atom. The van der Waals surface area contributed by atoms with E-state index in [4.69, 9.17) is 0 Å². The van der Waals surface area contributed by atoms with Gasteiger partial charge in [-0.05, 0) is 29.0 Å². The summed E-state index contributed by atoms with van der Waals surface area (Å²) in [5.74, 6) is 0. The van der Waals surface area contributed by atoms with Crippen LogP contribution in [0.1, 0.15) is 16.0 Å². The molecule has 1 aliphatic heterocycles.